The monoisotopic (exact) mass is 846 g/mol. The normalized spacial score (nSPS) is 13.2. The largest absolute Gasteiger partial charge is 0.508 e. The lowest BCUT2D eigenvalue weighted by molar-refractivity contribution is -0.121. The van der Waals surface area contributed by atoms with Crippen molar-refractivity contribution in [3.63, 3.8) is 0 Å². The maximum Gasteiger partial charge on any atom is 0.167 e. The van der Waals surface area contributed by atoms with Gasteiger partial charge in [-0.3, -0.25) is 14.4 Å². The molecule has 62 heavy (non-hydrogen) atoms. The van der Waals surface area contributed by atoms with Gasteiger partial charge in [-0.2, -0.15) is 0 Å². The molecule has 0 aliphatic heterocycles. The molecule has 0 saturated carbocycles. The smallest absolute Gasteiger partial charge is 0.167 e. The number of ketones is 3. The summed E-state index contributed by atoms with van der Waals surface area (Å²) < 4.78 is 0. The summed E-state index contributed by atoms with van der Waals surface area (Å²) in [5, 5.41) is 132. The standard InChI is InChI=1S/C47H42O15/c1-19(37-31(52)13-9-27(44(37)59)41(25-7-5-23(50)17-35(25)56)29-11-15-33(54)39(21(3)48)46(29)61)43(58)20(2)38-32(53)14-10-28(45(38)60)42(26-8-6-24(51)18-36(26)57)30-12-16-34(55)40(22(4)49)47(30)62/h5-20,41-42,50-57,59-62H,1-4H3. The third-order valence-corrected chi connectivity index (χ3v) is 11.1. The summed E-state index contributed by atoms with van der Waals surface area (Å²) in [4.78, 5) is 39.5. The van der Waals surface area contributed by atoms with Crippen molar-refractivity contribution in [1.29, 1.82) is 0 Å². The first-order valence-corrected chi connectivity index (χ1v) is 19.0. The fourth-order valence-electron chi connectivity index (χ4n) is 8.12. The predicted octanol–water partition coefficient (Wildman–Crippen LogP) is 7.40. The first-order chi connectivity index (χ1) is 29.2. The van der Waals surface area contributed by atoms with Gasteiger partial charge in [-0.1, -0.05) is 50.2 Å². The van der Waals surface area contributed by atoms with Gasteiger partial charge in [0.25, 0.3) is 0 Å². The molecule has 4 unspecified atom stereocenters. The van der Waals surface area contributed by atoms with Gasteiger partial charge in [-0.15, -0.1) is 0 Å². The zero-order valence-corrected chi connectivity index (χ0v) is 33.5. The number of phenolic OH excluding ortho intramolecular Hbond substituents is 12. The van der Waals surface area contributed by atoms with Crippen LogP contribution in [0.5, 0.6) is 69.0 Å². The number of Topliss-reactive ketones (excluding diaryl/α,β-unsaturated/α-hetero) is 3. The molecule has 12 N–H and O–H groups in total. The number of carbonyl (C=O) groups is 3. The Morgan fingerprint density at radius 2 is 0.661 bits per heavy atom. The molecule has 0 aromatic heterocycles. The number of benzene rings is 6. The molecule has 0 amide bonds. The Labute approximate surface area is 353 Å². The molecule has 6 rings (SSSR count). The second-order valence-corrected chi connectivity index (χ2v) is 15.0. The fourth-order valence-corrected chi connectivity index (χ4v) is 8.12. The number of carbonyl (C=O) groups excluding carboxylic acids is 3. The summed E-state index contributed by atoms with van der Waals surface area (Å²) >= 11 is 0. The summed E-state index contributed by atoms with van der Waals surface area (Å²) in [7, 11) is 0. The van der Waals surface area contributed by atoms with Crippen LogP contribution >= 0.6 is 0 Å². The van der Waals surface area contributed by atoms with Gasteiger partial charge in [0.05, 0.1) is 0 Å². The van der Waals surface area contributed by atoms with Gasteiger partial charge in [-0.25, -0.2) is 0 Å². The van der Waals surface area contributed by atoms with Crippen LogP contribution in [-0.2, 0) is 4.79 Å². The van der Waals surface area contributed by atoms with Gasteiger partial charge in [0.2, 0.25) is 0 Å². The minimum absolute atomic E-state index is 0.0199. The Kier molecular flexibility index (Phi) is 11.6. The van der Waals surface area contributed by atoms with Crippen LogP contribution in [0.3, 0.4) is 0 Å². The van der Waals surface area contributed by atoms with Gasteiger partial charge in [-0.05, 0) is 50.2 Å². The van der Waals surface area contributed by atoms with Crippen LogP contribution in [0.4, 0.5) is 0 Å². The minimum atomic E-state index is -1.45. The van der Waals surface area contributed by atoms with E-state index in [-0.39, 0.29) is 56.0 Å². The highest BCUT2D eigenvalue weighted by Gasteiger charge is 2.37. The Bertz CT molecular complexity index is 2620. The van der Waals surface area contributed by atoms with Crippen molar-refractivity contribution in [2.75, 3.05) is 0 Å². The SMILES string of the molecule is CC(=O)c1c(O)ccc(C(c2ccc(O)cc2O)c2ccc(O)c(C(C)C(=O)C(C)c3c(O)ccc(C(c4ccc(O)cc4O)c4ccc(O)c(C(C)=O)c4O)c3O)c2O)c1O. The molecule has 15 heteroatoms. The second-order valence-electron chi connectivity index (χ2n) is 15.0. The average molecular weight is 847 g/mol. The van der Waals surface area contributed by atoms with Crippen LogP contribution in [0.25, 0.3) is 0 Å². The van der Waals surface area contributed by atoms with Gasteiger partial charge in [0.1, 0.15) is 85.9 Å². The lowest BCUT2D eigenvalue weighted by atomic mass is 9.77. The molecule has 0 radical (unpaired) electrons. The molecule has 6 aromatic rings. The van der Waals surface area contributed by atoms with Crippen molar-refractivity contribution in [2.45, 2.75) is 51.4 Å². The summed E-state index contributed by atoms with van der Waals surface area (Å²) in [6.07, 6.45) is 0. The van der Waals surface area contributed by atoms with E-state index in [4.69, 9.17) is 0 Å². The predicted molar refractivity (Wildman–Crippen MR) is 222 cm³/mol. The highest BCUT2D eigenvalue weighted by molar-refractivity contribution is 6.01. The van der Waals surface area contributed by atoms with E-state index < -0.39 is 110 Å². The zero-order valence-electron chi connectivity index (χ0n) is 33.5. The van der Waals surface area contributed by atoms with E-state index in [9.17, 15) is 75.7 Å². The van der Waals surface area contributed by atoms with Crippen LogP contribution in [0.2, 0.25) is 0 Å². The fraction of sp³-hybridized carbons (Fsp3) is 0.170. The van der Waals surface area contributed by atoms with Crippen LogP contribution in [0, 0.1) is 0 Å². The average Bonchev–Trinajstić information content (AvgIpc) is 3.18. The quantitative estimate of drug-likeness (QED) is 0.0422. The van der Waals surface area contributed by atoms with Crippen LogP contribution in [0.15, 0.2) is 84.9 Å². The van der Waals surface area contributed by atoms with E-state index >= 15 is 0 Å². The Hall–Kier alpha value is -8.07. The van der Waals surface area contributed by atoms with E-state index in [1.165, 1.54) is 62.4 Å². The molecule has 0 heterocycles. The number of hydrogen-bond acceptors (Lipinski definition) is 15. The molecule has 0 spiro atoms. The number of hydrogen-bond donors (Lipinski definition) is 12. The topological polar surface area (TPSA) is 294 Å². The first-order valence-electron chi connectivity index (χ1n) is 19.0. The lowest BCUT2D eigenvalue weighted by Crippen LogP contribution is -2.18. The molecular formula is C47H42O15. The van der Waals surface area contributed by atoms with Gasteiger partial charge >= 0.3 is 0 Å². The Morgan fingerprint density at radius 3 is 0.968 bits per heavy atom. The molecule has 6 aromatic carbocycles. The second kappa shape index (κ2) is 16.5. The number of rotatable bonds is 12. The summed E-state index contributed by atoms with van der Waals surface area (Å²) in [6, 6.07) is 16.4. The summed E-state index contributed by atoms with van der Waals surface area (Å²) in [5.41, 5.74) is -2.15. The Morgan fingerprint density at radius 1 is 0.371 bits per heavy atom. The van der Waals surface area contributed by atoms with Gasteiger partial charge < -0.3 is 61.3 Å². The third-order valence-electron chi connectivity index (χ3n) is 11.1. The Balaban J connectivity index is 1.50. The lowest BCUT2D eigenvalue weighted by Gasteiger charge is -2.27. The van der Waals surface area contributed by atoms with E-state index in [2.05, 4.69) is 0 Å². The highest BCUT2D eigenvalue weighted by atomic mass is 16.3. The van der Waals surface area contributed by atoms with Gasteiger partial charge in [0, 0.05) is 80.3 Å². The number of aromatic hydroxyl groups is 12. The first kappa shape index (κ1) is 43.5. The van der Waals surface area contributed by atoms with Crippen molar-refractivity contribution in [1.82, 2.24) is 0 Å². The van der Waals surface area contributed by atoms with Crippen molar-refractivity contribution in [3.05, 3.63) is 141 Å². The minimum Gasteiger partial charge on any atom is -0.508 e. The van der Waals surface area contributed by atoms with Crippen molar-refractivity contribution < 1.29 is 75.7 Å². The number of phenols is 12. The maximum atomic E-state index is 14.5. The molecule has 0 fully saturated rings. The maximum absolute atomic E-state index is 14.5. The molecule has 15 nitrogen and oxygen atoms in total. The highest BCUT2D eigenvalue weighted by Crippen LogP contribution is 2.52. The van der Waals surface area contributed by atoms with Crippen LogP contribution in [-0.4, -0.2) is 78.6 Å². The molecule has 0 aliphatic carbocycles. The van der Waals surface area contributed by atoms with E-state index in [1.807, 2.05) is 0 Å². The van der Waals surface area contributed by atoms with Crippen molar-refractivity contribution in [3.8, 4) is 69.0 Å². The molecular weight excluding hydrogens is 805 g/mol. The third kappa shape index (κ3) is 7.51. The van der Waals surface area contributed by atoms with E-state index in [1.54, 1.807) is 0 Å². The van der Waals surface area contributed by atoms with Crippen molar-refractivity contribution in [2.24, 2.45) is 0 Å². The van der Waals surface area contributed by atoms with E-state index in [0.717, 1.165) is 50.2 Å². The molecule has 320 valence electrons. The molecule has 0 bridgehead atoms. The zero-order chi connectivity index (χ0) is 45.6. The molecule has 0 aliphatic rings. The summed E-state index contributed by atoms with van der Waals surface area (Å²) in [5.74, 6) is -14.7. The molecule has 0 saturated heterocycles. The molecule has 4 atom stereocenters. The van der Waals surface area contributed by atoms with Crippen molar-refractivity contribution >= 4 is 17.3 Å². The van der Waals surface area contributed by atoms with Gasteiger partial charge in [0.15, 0.2) is 11.6 Å². The van der Waals surface area contributed by atoms with Crippen LogP contribution in [0.1, 0.15) is 117 Å². The van der Waals surface area contributed by atoms with E-state index in [0.29, 0.717) is 0 Å². The summed E-state index contributed by atoms with van der Waals surface area (Å²) in [6.45, 7) is 4.84. The van der Waals surface area contributed by atoms with Crippen LogP contribution < -0.4 is 0 Å².